The van der Waals surface area contributed by atoms with Gasteiger partial charge in [0.2, 0.25) is 0 Å². The summed E-state index contributed by atoms with van der Waals surface area (Å²) in [5, 5.41) is 17.1. The molecule has 0 aromatic heterocycles. The fourth-order valence-electron chi connectivity index (χ4n) is 3.68. The number of methoxy groups -OCH3 is 2. The van der Waals surface area contributed by atoms with Gasteiger partial charge in [-0.25, -0.2) is 5.01 Å². The molecule has 8 nitrogen and oxygen atoms in total. The van der Waals surface area contributed by atoms with Crippen LogP contribution in [-0.2, 0) is 0 Å². The van der Waals surface area contributed by atoms with Gasteiger partial charge in [-0.3, -0.25) is 14.9 Å². The number of nitro groups is 1. The number of amides is 1. The molecule has 8 heteroatoms. The van der Waals surface area contributed by atoms with Crippen LogP contribution in [0, 0.1) is 10.1 Å². The lowest BCUT2D eigenvalue weighted by Gasteiger charge is -2.23. The molecule has 1 heterocycles. The molecule has 1 atom stereocenters. The Morgan fingerprint density at radius 3 is 2.31 bits per heavy atom. The lowest BCUT2D eigenvalue weighted by molar-refractivity contribution is -0.384. The highest BCUT2D eigenvalue weighted by Crippen LogP contribution is 2.38. The molecule has 0 bridgehead atoms. The summed E-state index contributed by atoms with van der Waals surface area (Å²) < 4.78 is 10.8. The van der Waals surface area contributed by atoms with Crippen molar-refractivity contribution in [3.8, 4) is 11.5 Å². The molecule has 32 heavy (non-hydrogen) atoms. The fourth-order valence-corrected chi connectivity index (χ4v) is 3.68. The number of rotatable bonds is 6. The molecule has 1 amide bonds. The van der Waals surface area contributed by atoms with Gasteiger partial charge in [-0.05, 0) is 47.5 Å². The van der Waals surface area contributed by atoms with Gasteiger partial charge >= 0.3 is 0 Å². The van der Waals surface area contributed by atoms with Crippen LogP contribution in [0.25, 0.3) is 0 Å². The van der Waals surface area contributed by atoms with Crippen LogP contribution in [0.15, 0.2) is 77.9 Å². The summed E-state index contributed by atoms with van der Waals surface area (Å²) >= 11 is 0. The van der Waals surface area contributed by atoms with Gasteiger partial charge in [0.15, 0.2) is 11.5 Å². The van der Waals surface area contributed by atoms with E-state index >= 15 is 0 Å². The zero-order chi connectivity index (χ0) is 22.7. The molecular formula is C24H21N3O5. The number of hydrazone groups is 1. The van der Waals surface area contributed by atoms with E-state index < -0.39 is 4.92 Å². The number of hydrogen-bond acceptors (Lipinski definition) is 6. The molecule has 3 aromatic carbocycles. The predicted octanol–water partition coefficient (Wildman–Crippen LogP) is 4.60. The summed E-state index contributed by atoms with van der Waals surface area (Å²) in [6.07, 6.45) is 0.450. The van der Waals surface area contributed by atoms with Crippen molar-refractivity contribution in [3.05, 3.63) is 99.6 Å². The van der Waals surface area contributed by atoms with Crippen LogP contribution < -0.4 is 9.47 Å². The predicted molar refractivity (Wildman–Crippen MR) is 119 cm³/mol. The minimum absolute atomic E-state index is 0.000931. The number of carbonyl (C=O) groups excluding carboxylic acids is 1. The normalized spacial score (nSPS) is 15.2. The zero-order valence-electron chi connectivity index (χ0n) is 17.6. The molecule has 0 aliphatic carbocycles. The molecule has 0 unspecified atom stereocenters. The maximum atomic E-state index is 13.3. The Morgan fingerprint density at radius 2 is 1.69 bits per heavy atom. The Balaban J connectivity index is 1.73. The van der Waals surface area contributed by atoms with Gasteiger partial charge in [0.1, 0.15) is 0 Å². The first-order valence-electron chi connectivity index (χ1n) is 9.94. The molecule has 0 N–H and O–H groups in total. The highest BCUT2D eigenvalue weighted by Gasteiger charge is 2.34. The topological polar surface area (TPSA) is 94.3 Å². The van der Waals surface area contributed by atoms with Gasteiger partial charge in [0.25, 0.3) is 11.6 Å². The molecule has 1 aliphatic rings. The van der Waals surface area contributed by atoms with E-state index in [-0.39, 0.29) is 17.6 Å². The SMILES string of the molecule is COc1ccc([C@@H]2CC(c3ccc([N+](=O)[O-])cc3)=NN2C(=O)c2ccccc2)cc1OC. The fraction of sp³-hybridized carbons (Fsp3) is 0.167. The van der Waals surface area contributed by atoms with Crippen molar-refractivity contribution in [1.82, 2.24) is 5.01 Å². The summed E-state index contributed by atoms with van der Waals surface area (Å²) in [6, 6.07) is 20.3. The molecular weight excluding hydrogens is 410 g/mol. The summed E-state index contributed by atoms with van der Waals surface area (Å²) in [5.74, 6) is 0.912. The third-order valence-electron chi connectivity index (χ3n) is 5.34. The lowest BCUT2D eigenvalue weighted by atomic mass is 9.97. The first-order chi connectivity index (χ1) is 15.5. The van der Waals surface area contributed by atoms with Crippen LogP contribution >= 0.6 is 0 Å². The van der Waals surface area contributed by atoms with Crippen LogP contribution in [0.3, 0.4) is 0 Å². The van der Waals surface area contributed by atoms with Crippen LogP contribution in [0.1, 0.15) is 33.9 Å². The molecule has 0 spiro atoms. The summed E-state index contributed by atoms with van der Waals surface area (Å²) in [4.78, 5) is 23.8. The van der Waals surface area contributed by atoms with Gasteiger partial charge in [-0.2, -0.15) is 5.10 Å². The number of carbonyl (C=O) groups is 1. The highest BCUT2D eigenvalue weighted by atomic mass is 16.6. The molecule has 0 radical (unpaired) electrons. The average molecular weight is 431 g/mol. The first kappa shape index (κ1) is 21.0. The van der Waals surface area contributed by atoms with Crippen molar-refractivity contribution in [2.24, 2.45) is 5.10 Å². The zero-order valence-corrected chi connectivity index (χ0v) is 17.6. The smallest absolute Gasteiger partial charge is 0.274 e. The summed E-state index contributed by atoms with van der Waals surface area (Å²) in [7, 11) is 3.12. The first-order valence-corrected chi connectivity index (χ1v) is 9.94. The van der Waals surface area contributed by atoms with E-state index in [0.29, 0.717) is 29.2 Å². The number of benzene rings is 3. The largest absolute Gasteiger partial charge is 0.493 e. The Morgan fingerprint density at radius 1 is 1.00 bits per heavy atom. The number of ether oxygens (including phenoxy) is 2. The van der Waals surface area contributed by atoms with Crippen molar-refractivity contribution in [2.75, 3.05) is 14.2 Å². The number of hydrogen-bond donors (Lipinski definition) is 0. The van der Waals surface area contributed by atoms with Crippen molar-refractivity contribution in [3.63, 3.8) is 0 Å². The molecule has 0 fully saturated rings. The summed E-state index contributed by atoms with van der Waals surface area (Å²) in [6.45, 7) is 0. The maximum Gasteiger partial charge on any atom is 0.274 e. The van der Waals surface area contributed by atoms with Gasteiger partial charge in [-0.15, -0.1) is 0 Å². The molecule has 162 valence electrons. The number of nitro benzene ring substituents is 1. The van der Waals surface area contributed by atoms with E-state index in [0.717, 1.165) is 11.1 Å². The maximum absolute atomic E-state index is 13.3. The van der Waals surface area contributed by atoms with Crippen molar-refractivity contribution in [2.45, 2.75) is 12.5 Å². The van der Waals surface area contributed by atoms with E-state index in [2.05, 4.69) is 5.10 Å². The van der Waals surface area contributed by atoms with Crippen LogP contribution in [0.2, 0.25) is 0 Å². The second-order valence-electron chi connectivity index (χ2n) is 7.20. The molecule has 4 rings (SSSR count). The molecule has 0 saturated heterocycles. The molecule has 3 aromatic rings. The molecule has 0 saturated carbocycles. The Kier molecular flexibility index (Phi) is 5.85. The Bertz CT molecular complexity index is 1180. The van der Waals surface area contributed by atoms with Crippen molar-refractivity contribution in [1.29, 1.82) is 0 Å². The van der Waals surface area contributed by atoms with Gasteiger partial charge in [0, 0.05) is 24.1 Å². The second kappa shape index (κ2) is 8.89. The van der Waals surface area contributed by atoms with Crippen LogP contribution in [-0.4, -0.2) is 35.8 Å². The molecule has 1 aliphatic heterocycles. The lowest BCUT2D eigenvalue weighted by Crippen LogP contribution is -2.27. The van der Waals surface area contributed by atoms with Crippen molar-refractivity contribution < 1.29 is 19.2 Å². The van der Waals surface area contributed by atoms with Crippen molar-refractivity contribution >= 4 is 17.3 Å². The van der Waals surface area contributed by atoms with Gasteiger partial charge < -0.3 is 9.47 Å². The highest BCUT2D eigenvalue weighted by molar-refractivity contribution is 6.05. The third kappa shape index (κ3) is 4.02. The minimum atomic E-state index is -0.447. The van der Waals surface area contributed by atoms with Gasteiger partial charge in [0.05, 0.1) is 30.9 Å². The minimum Gasteiger partial charge on any atom is -0.493 e. The quantitative estimate of drug-likeness (QED) is 0.420. The second-order valence-corrected chi connectivity index (χ2v) is 7.20. The number of non-ortho nitro benzene ring substituents is 1. The average Bonchev–Trinajstić information content (AvgIpc) is 3.29. The van der Waals surface area contributed by atoms with Crippen LogP contribution in [0.5, 0.6) is 11.5 Å². The number of nitrogens with zero attached hydrogens (tertiary/aromatic N) is 3. The van der Waals surface area contributed by atoms with E-state index in [1.807, 2.05) is 18.2 Å². The monoisotopic (exact) mass is 431 g/mol. The van der Waals surface area contributed by atoms with E-state index in [9.17, 15) is 14.9 Å². The van der Waals surface area contributed by atoms with E-state index in [1.54, 1.807) is 56.7 Å². The van der Waals surface area contributed by atoms with Crippen LogP contribution in [0.4, 0.5) is 5.69 Å². The summed E-state index contributed by atoms with van der Waals surface area (Å²) in [5.41, 5.74) is 2.76. The standard InChI is InChI=1S/C24H21N3O5/c1-31-22-13-10-18(14-23(22)32-2)21-15-20(16-8-11-19(12-9-16)27(29)30)25-26(21)24(28)17-6-4-3-5-7-17/h3-14,21H,15H2,1-2H3/t21-/m0/s1. The van der Waals surface area contributed by atoms with Gasteiger partial charge in [-0.1, -0.05) is 24.3 Å². The Labute approximate surface area is 184 Å². The third-order valence-corrected chi connectivity index (χ3v) is 5.34. The van der Waals surface area contributed by atoms with E-state index in [4.69, 9.17) is 9.47 Å². The Hall–Kier alpha value is -4.20. The van der Waals surface area contributed by atoms with E-state index in [1.165, 1.54) is 17.1 Å².